The standard InChI is InChI=1S/C15H17NS2/c1-10-4-3-5-12(6-10)9-16-13-7-11(2)15(18)14(17)8-13/h3-8,16-18H,9H2,1-2H3. The van der Waals surface area contributed by atoms with E-state index in [0.29, 0.717) is 0 Å². The Morgan fingerprint density at radius 2 is 1.83 bits per heavy atom. The molecule has 2 rings (SSSR count). The van der Waals surface area contributed by atoms with Crippen molar-refractivity contribution in [3.63, 3.8) is 0 Å². The predicted molar refractivity (Wildman–Crippen MR) is 84.2 cm³/mol. The average Bonchev–Trinajstić information content (AvgIpc) is 2.33. The maximum atomic E-state index is 4.42. The van der Waals surface area contributed by atoms with Crippen LogP contribution in [0.1, 0.15) is 16.7 Å². The second-order valence-electron chi connectivity index (χ2n) is 4.50. The van der Waals surface area contributed by atoms with E-state index in [9.17, 15) is 0 Å². The molecular weight excluding hydrogens is 258 g/mol. The van der Waals surface area contributed by atoms with E-state index >= 15 is 0 Å². The normalized spacial score (nSPS) is 10.4. The summed E-state index contributed by atoms with van der Waals surface area (Å²) in [6, 6.07) is 12.6. The Balaban J connectivity index is 2.11. The molecule has 0 aliphatic rings. The van der Waals surface area contributed by atoms with E-state index in [1.54, 1.807) is 0 Å². The number of anilines is 1. The highest BCUT2D eigenvalue weighted by Gasteiger charge is 2.02. The Kier molecular flexibility index (Phi) is 4.25. The molecule has 0 unspecified atom stereocenters. The van der Waals surface area contributed by atoms with Crippen molar-refractivity contribution in [1.82, 2.24) is 0 Å². The fourth-order valence-corrected chi connectivity index (χ4v) is 2.33. The van der Waals surface area contributed by atoms with Gasteiger partial charge in [0.1, 0.15) is 0 Å². The van der Waals surface area contributed by atoms with Crippen molar-refractivity contribution in [2.45, 2.75) is 30.2 Å². The molecule has 0 amide bonds. The molecule has 2 aromatic carbocycles. The molecule has 0 aliphatic carbocycles. The lowest BCUT2D eigenvalue weighted by Crippen LogP contribution is -2.00. The molecular formula is C15H17NS2. The second-order valence-corrected chi connectivity index (χ2v) is 5.43. The molecule has 0 saturated heterocycles. The van der Waals surface area contributed by atoms with Crippen molar-refractivity contribution >= 4 is 30.9 Å². The third-order valence-corrected chi connectivity index (χ3v) is 3.98. The lowest BCUT2D eigenvalue weighted by molar-refractivity contribution is 1.11. The Morgan fingerprint density at radius 3 is 2.50 bits per heavy atom. The molecule has 0 atom stereocenters. The lowest BCUT2D eigenvalue weighted by Gasteiger charge is -2.11. The van der Waals surface area contributed by atoms with Gasteiger partial charge in [-0.2, -0.15) is 0 Å². The molecule has 0 heterocycles. The molecule has 0 bridgehead atoms. The first kappa shape index (κ1) is 13.4. The van der Waals surface area contributed by atoms with Gasteiger partial charge in [-0.1, -0.05) is 29.8 Å². The van der Waals surface area contributed by atoms with Crippen LogP contribution in [0.3, 0.4) is 0 Å². The van der Waals surface area contributed by atoms with Gasteiger partial charge in [0.05, 0.1) is 0 Å². The molecule has 0 spiro atoms. The van der Waals surface area contributed by atoms with E-state index in [0.717, 1.165) is 27.6 Å². The molecule has 1 N–H and O–H groups in total. The zero-order valence-electron chi connectivity index (χ0n) is 10.6. The van der Waals surface area contributed by atoms with E-state index in [2.05, 4.69) is 67.8 Å². The summed E-state index contributed by atoms with van der Waals surface area (Å²) in [5.74, 6) is 0. The van der Waals surface area contributed by atoms with Crippen LogP contribution in [0.5, 0.6) is 0 Å². The Bertz CT molecular complexity index is 541. The molecule has 0 aliphatic heterocycles. The molecule has 3 heteroatoms. The Hall–Kier alpha value is -1.06. The third-order valence-electron chi connectivity index (χ3n) is 2.86. The van der Waals surface area contributed by atoms with Gasteiger partial charge in [-0.05, 0) is 37.1 Å². The van der Waals surface area contributed by atoms with Crippen molar-refractivity contribution < 1.29 is 0 Å². The number of hydrogen-bond donors (Lipinski definition) is 3. The monoisotopic (exact) mass is 275 g/mol. The van der Waals surface area contributed by atoms with Gasteiger partial charge in [0.25, 0.3) is 0 Å². The van der Waals surface area contributed by atoms with Gasteiger partial charge in [-0.3, -0.25) is 0 Å². The first-order valence-electron chi connectivity index (χ1n) is 5.88. The molecule has 0 radical (unpaired) electrons. The van der Waals surface area contributed by atoms with Gasteiger partial charge in [0, 0.05) is 22.0 Å². The van der Waals surface area contributed by atoms with Crippen LogP contribution in [0.15, 0.2) is 46.2 Å². The van der Waals surface area contributed by atoms with Gasteiger partial charge in [0.2, 0.25) is 0 Å². The van der Waals surface area contributed by atoms with Crippen molar-refractivity contribution in [1.29, 1.82) is 0 Å². The van der Waals surface area contributed by atoms with E-state index in [1.165, 1.54) is 11.1 Å². The van der Waals surface area contributed by atoms with E-state index in [-0.39, 0.29) is 0 Å². The summed E-state index contributed by atoms with van der Waals surface area (Å²) >= 11 is 8.82. The van der Waals surface area contributed by atoms with Crippen LogP contribution in [-0.4, -0.2) is 0 Å². The summed E-state index contributed by atoms with van der Waals surface area (Å²) < 4.78 is 0. The Morgan fingerprint density at radius 1 is 1.06 bits per heavy atom. The molecule has 0 fully saturated rings. The van der Waals surface area contributed by atoms with E-state index < -0.39 is 0 Å². The molecule has 0 aromatic heterocycles. The maximum absolute atomic E-state index is 4.42. The van der Waals surface area contributed by atoms with Gasteiger partial charge in [-0.15, -0.1) is 25.3 Å². The number of nitrogens with one attached hydrogen (secondary N) is 1. The van der Waals surface area contributed by atoms with Crippen LogP contribution in [-0.2, 0) is 6.54 Å². The highest BCUT2D eigenvalue weighted by molar-refractivity contribution is 7.83. The third kappa shape index (κ3) is 3.24. The summed E-state index contributed by atoms with van der Waals surface area (Å²) in [5.41, 5.74) is 4.78. The average molecular weight is 275 g/mol. The van der Waals surface area contributed by atoms with Crippen LogP contribution < -0.4 is 5.32 Å². The highest BCUT2D eigenvalue weighted by Crippen LogP contribution is 2.26. The molecule has 18 heavy (non-hydrogen) atoms. The fraction of sp³-hybridized carbons (Fsp3) is 0.200. The number of benzene rings is 2. The smallest absolute Gasteiger partial charge is 0.0400 e. The summed E-state index contributed by atoms with van der Waals surface area (Å²) in [6.07, 6.45) is 0. The first-order valence-corrected chi connectivity index (χ1v) is 6.77. The van der Waals surface area contributed by atoms with Crippen molar-refractivity contribution in [3.05, 3.63) is 53.1 Å². The van der Waals surface area contributed by atoms with Gasteiger partial charge in [0.15, 0.2) is 0 Å². The highest BCUT2D eigenvalue weighted by atomic mass is 32.1. The van der Waals surface area contributed by atoms with Gasteiger partial charge in [-0.25, -0.2) is 0 Å². The minimum Gasteiger partial charge on any atom is -0.381 e. The van der Waals surface area contributed by atoms with Crippen LogP contribution in [0.25, 0.3) is 0 Å². The van der Waals surface area contributed by atoms with Crippen molar-refractivity contribution in [2.24, 2.45) is 0 Å². The number of hydrogen-bond acceptors (Lipinski definition) is 3. The summed E-state index contributed by atoms with van der Waals surface area (Å²) in [4.78, 5) is 1.85. The maximum Gasteiger partial charge on any atom is 0.0400 e. The summed E-state index contributed by atoms with van der Waals surface area (Å²) in [5, 5.41) is 3.41. The number of rotatable bonds is 3. The number of aryl methyl sites for hydroxylation is 2. The molecule has 2 aromatic rings. The largest absolute Gasteiger partial charge is 0.381 e. The topological polar surface area (TPSA) is 12.0 Å². The van der Waals surface area contributed by atoms with Gasteiger partial charge >= 0.3 is 0 Å². The first-order chi connectivity index (χ1) is 8.56. The van der Waals surface area contributed by atoms with E-state index in [4.69, 9.17) is 0 Å². The van der Waals surface area contributed by atoms with Crippen LogP contribution in [0, 0.1) is 13.8 Å². The Labute approximate surface area is 119 Å². The lowest BCUT2D eigenvalue weighted by atomic mass is 10.1. The molecule has 1 nitrogen and oxygen atoms in total. The van der Waals surface area contributed by atoms with Crippen LogP contribution in [0.4, 0.5) is 5.69 Å². The number of thiol groups is 2. The summed E-state index contributed by atoms with van der Waals surface area (Å²) in [6.45, 7) is 4.97. The van der Waals surface area contributed by atoms with Crippen molar-refractivity contribution in [3.8, 4) is 0 Å². The van der Waals surface area contributed by atoms with Gasteiger partial charge < -0.3 is 5.32 Å². The second kappa shape index (κ2) is 5.72. The zero-order valence-corrected chi connectivity index (χ0v) is 12.4. The summed E-state index contributed by atoms with van der Waals surface area (Å²) in [7, 11) is 0. The minimum atomic E-state index is 0.820. The molecule has 94 valence electrons. The zero-order chi connectivity index (χ0) is 13.1. The molecule has 0 saturated carbocycles. The van der Waals surface area contributed by atoms with Crippen molar-refractivity contribution in [2.75, 3.05) is 5.32 Å². The van der Waals surface area contributed by atoms with Crippen LogP contribution >= 0.6 is 25.3 Å². The van der Waals surface area contributed by atoms with Crippen LogP contribution in [0.2, 0.25) is 0 Å². The predicted octanol–water partition coefficient (Wildman–Crippen LogP) is 4.49. The van der Waals surface area contributed by atoms with E-state index in [1.807, 2.05) is 13.0 Å². The fourth-order valence-electron chi connectivity index (χ4n) is 1.89. The SMILES string of the molecule is Cc1cccc(CNc2cc(C)c(S)c(S)c2)c1. The quantitative estimate of drug-likeness (QED) is 0.701. The minimum absolute atomic E-state index is 0.820.